The number of anilines is 1. The number of nitrogens with zero attached hydrogens (tertiary/aromatic N) is 2. The van der Waals surface area contributed by atoms with E-state index in [0.29, 0.717) is 28.3 Å². The van der Waals surface area contributed by atoms with Crippen LogP contribution in [0.3, 0.4) is 0 Å². The standard InChI is InChI=1S/C23H26N4O3S/c1-4-5-13-27-21(29)17-10-6-7-11-19(17)25-23(27)31-14-20(28)26-22(30)24-18-12-8-9-15(2)16(18)3/h6-12H,4-5,13-14H2,1-3H3,(H2,24,26,28,30). The number of hydrogen-bond donors (Lipinski definition) is 2. The maximum absolute atomic E-state index is 12.9. The third-order valence-corrected chi connectivity index (χ3v) is 5.98. The molecule has 0 aliphatic heterocycles. The van der Waals surface area contributed by atoms with E-state index in [1.807, 2.05) is 45.0 Å². The Labute approximate surface area is 185 Å². The van der Waals surface area contributed by atoms with Crippen LogP contribution in [0.25, 0.3) is 10.9 Å². The zero-order chi connectivity index (χ0) is 22.4. The minimum atomic E-state index is -0.589. The number of aryl methyl sites for hydroxylation is 1. The first-order valence-electron chi connectivity index (χ1n) is 10.2. The van der Waals surface area contributed by atoms with Gasteiger partial charge < -0.3 is 5.32 Å². The van der Waals surface area contributed by atoms with Crippen LogP contribution >= 0.6 is 11.8 Å². The maximum Gasteiger partial charge on any atom is 0.325 e. The zero-order valence-corrected chi connectivity index (χ0v) is 18.7. The Morgan fingerprint density at radius 1 is 1.10 bits per heavy atom. The van der Waals surface area contributed by atoms with Crippen LogP contribution < -0.4 is 16.2 Å². The first-order valence-corrected chi connectivity index (χ1v) is 11.2. The predicted molar refractivity (Wildman–Crippen MR) is 125 cm³/mol. The molecule has 0 atom stereocenters. The van der Waals surface area contributed by atoms with Gasteiger partial charge in [0.05, 0.1) is 16.7 Å². The summed E-state index contributed by atoms with van der Waals surface area (Å²) in [5.74, 6) is -0.492. The lowest BCUT2D eigenvalue weighted by molar-refractivity contribution is -0.117. The number of imide groups is 1. The van der Waals surface area contributed by atoms with Gasteiger partial charge in [0.2, 0.25) is 5.91 Å². The molecule has 0 radical (unpaired) electrons. The smallest absolute Gasteiger partial charge is 0.307 e. The third kappa shape index (κ3) is 5.52. The number of hydrogen-bond acceptors (Lipinski definition) is 5. The van der Waals surface area contributed by atoms with Crippen molar-refractivity contribution in [3.05, 3.63) is 63.9 Å². The van der Waals surface area contributed by atoms with Gasteiger partial charge in [-0.15, -0.1) is 0 Å². The Kier molecular flexibility index (Phi) is 7.46. The first kappa shape index (κ1) is 22.6. The number of carbonyl (C=O) groups is 2. The van der Waals surface area contributed by atoms with Gasteiger partial charge in [-0.25, -0.2) is 9.78 Å². The molecule has 1 heterocycles. The molecular formula is C23H26N4O3S. The Morgan fingerprint density at radius 3 is 2.65 bits per heavy atom. The number of fused-ring (bicyclic) bond motifs is 1. The van der Waals surface area contributed by atoms with Crippen molar-refractivity contribution in [1.29, 1.82) is 0 Å². The highest BCUT2D eigenvalue weighted by Crippen LogP contribution is 2.19. The minimum Gasteiger partial charge on any atom is -0.307 e. The summed E-state index contributed by atoms with van der Waals surface area (Å²) in [4.78, 5) is 42.0. The molecule has 8 heteroatoms. The van der Waals surface area contributed by atoms with Crippen molar-refractivity contribution in [2.75, 3.05) is 11.1 Å². The molecule has 0 aliphatic carbocycles. The molecule has 0 saturated heterocycles. The second-order valence-electron chi connectivity index (χ2n) is 7.26. The quantitative estimate of drug-likeness (QED) is 0.425. The molecule has 2 N–H and O–H groups in total. The number of carbonyl (C=O) groups excluding carboxylic acids is 2. The summed E-state index contributed by atoms with van der Waals surface area (Å²) in [7, 11) is 0. The topological polar surface area (TPSA) is 93.1 Å². The lowest BCUT2D eigenvalue weighted by Gasteiger charge is -2.13. The van der Waals surface area contributed by atoms with Crippen LogP contribution in [0.15, 0.2) is 52.4 Å². The molecule has 1 aromatic heterocycles. The van der Waals surface area contributed by atoms with E-state index < -0.39 is 11.9 Å². The van der Waals surface area contributed by atoms with Gasteiger partial charge >= 0.3 is 6.03 Å². The van der Waals surface area contributed by atoms with Gasteiger partial charge in [0, 0.05) is 12.2 Å². The van der Waals surface area contributed by atoms with Crippen molar-refractivity contribution < 1.29 is 9.59 Å². The van der Waals surface area contributed by atoms with Gasteiger partial charge in [0.15, 0.2) is 5.16 Å². The van der Waals surface area contributed by atoms with Crippen molar-refractivity contribution in [1.82, 2.24) is 14.9 Å². The highest BCUT2D eigenvalue weighted by molar-refractivity contribution is 7.99. The predicted octanol–water partition coefficient (Wildman–Crippen LogP) is 4.25. The molecule has 0 saturated carbocycles. The molecular weight excluding hydrogens is 412 g/mol. The van der Waals surface area contributed by atoms with Crippen LogP contribution in [-0.4, -0.2) is 27.2 Å². The van der Waals surface area contributed by atoms with Crippen molar-refractivity contribution in [2.45, 2.75) is 45.3 Å². The number of thioether (sulfide) groups is 1. The highest BCUT2D eigenvalue weighted by atomic mass is 32.2. The molecule has 3 aromatic rings. The van der Waals surface area contributed by atoms with Crippen LogP contribution in [0.4, 0.5) is 10.5 Å². The number of aromatic nitrogens is 2. The van der Waals surface area contributed by atoms with Crippen LogP contribution in [0.5, 0.6) is 0 Å². The molecule has 7 nitrogen and oxygen atoms in total. The summed E-state index contributed by atoms with van der Waals surface area (Å²) in [5, 5.41) is 6.07. The Bertz CT molecular complexity index is 1170. The van der Waals surface area contributed by atoms with Crippen molar-refractivity contribution >= 4 is 40.3 Å². The molecule has 162 valence electrons. The second-order valence-corrected chi connectivity index (χ2v) is 8.20. The zero-order valence-electron chi connectivity index (χ0n) is 17.9. The molecule has 0 aliphatic rings. The van der Waals surface area contributed by atoms with E-state index in [9.17, 15) is 14.4 Å². The average Bonchev–Trinajstić information content (AvgIpc) is 2.75. The summed E-state index contributed by atoms with van der Waals surface area (Å²) in [6, 6.07) is 12.2. The summed E-state index contributed by atoms with van der Waals surface area (Å²) in [6.07, 6.45) is 1.76. The van der Waals surface area contributed by atoms with E-state index in [1.165, 1.54) is 0 Å². The molecule has 3 rings (SSSR count). The number of unbranched alkanes of at least 4 members (excludes halogenated alkanes) is 1. The third-order valence-electron chi connectivity index (χ3n) is 5.00. The molecule has 0 spiro atoms. The molecule has 0 fully saturated rings. The van der Waals surface area contributed by atoms with Crippen LogP contribution in [-0.2, 0) is 11.3 Å². The number of para-hydroxylation sites is 1. The normalized spacial score (nSPS) is 10.8. The second kappa shape index (κ2) is 10.3. The fraction of sp³-hybridized carbons (Fsp3) is 0.304. The summed E-state index contributed by atoms with van der Waals surface area (Å²) < 4.78 is 1.61. The van der Waals surface area contributed by atoms with Crippen LogP contribution in [0, 0.1) is 13.8 Å². The number of urea groups is 1. The van der Waals surface area contributed by atoms with E-state index >= 15 is 0 Å². The Morgan fingerprint density at radius 2 is 1.87 bits per heavy atom. The minimum absolute atomic E-state index is 0.0306. The molecule has 2 aromatic carbocycles. The number of rotatable bonds is 7. The van der Waals surface area contributed by atoms with Crippen molar-refractivity contribution in [2.24, 2.45) is 0 Å². The summed E-state index contributed by atoms with van der Waals surface area (Å²) >= 11 is 1.15. The molecule has 0 unspecified atom stereocenters. The molecule has 3 amide bonds. The lowest BCUT2D eigenvalue weighted by atomic mass is 10.1. The van der Waals surface area contributed by atoms with E-state index in [0.717, 1.165) is 35.7 Å². The Hall–Kier alpha value is -3.13. The lowest BCUT2D eigenvalue weighted by Crippen LogP contribution is -2.36. The molecule has 0 bridgehead atoms. The van der Waals surface area contributed by atoms with Gasteiger partial charge in [-0.05, 0) is 49.6 Å². The number of nitrogens with one attached hydrogen (secondary N) is 2. The first-order chi connectivity index (χ1) is 14.9. The van der Waals surface area contributed by atoms with E-state index in [2.05, 4.69) is 15.6 Å². The van der Waals surface area contributed by atoms with E-state index in [-0.39, 0.29) is 11.3 Å². The fourth-order valence-electron chi connectivity index (χ4n) is 3.10. The van der Waals surface area contributed by atoms with E-state index in [4.69, 9.17) is 0 Å². The van der Waals surface area contributed by atoms with Crippen molar-refractivity contribution in [3.63, 3.8) is 0 Å². The maximum atomic E-state index is 12.9. The van der Waals surface area contributed by atoms with E-state index in [1.54, 1.807) is 22.8 Å². The van der Waals surface area contributed by atoms with Gasteiger partial charge in [0.1, 0.15) is 0 Å². The van der Waals surface area contributed by atoms with Crippen LogP contribution in [0.2, 0.25) is 0 Å². The monoisotopic (exact) mass is 438 g/mol. The van der Waals surface area contributed by atoms with Gasteiger partial charge in [-0.2, -0.15) is 0 Å². The van der Waals surface area contributed by atoms with Gasteiger partial charge in [-0.1, -0.05) is 49.4 Å². The summed E-state index contributed by atoms with van der Waals surface area (Å²) in [6.45, 7) is 6.44. The fourth-order valence-corrected chi connectivity index (χ4v) is 3.93. The molecule has 31 heavy (non-hydrogen) atoms. The number of amides is 3. The SMILES string of the molecule is CCCCn1c(SCC(=O)NC(=O)Nc2cccc(C)c2C)nc2ccccc2c1=O. The Balaban J connectivity index is 1.69. The van der Waals surface area contributed by atoms with Gasteiger partial charge in [0.25, 0.3) is 5.56 Å². The van der Waals surface area contributed by atoms with Crippen molar-refractivity contribution in [3.8, 4) is 0 Å². The number of benzene rings is 2. The largest absolute Gasteiger partial charge is 0.325 e. The highest BCUT2D eigenvalue weighted by Gasteiger charge is 2.15. The summed E-state index contributed by atoms with van der Waals surface area (Å²) in [5.41, 5.74) is 3.12. The van der Waals surface area contributed by atoms with Gasteiger partial charge in [-0.3, -0.25) is 19.5 Å². The van der Waals surface area contributed by atoms with Crippen LogP contribution in [0.1, 0.15) is 30.9 Å². The average molecular weight is 439 g/mol.